The Labute approximate surface area is 184 Å². The number of aromatic nitrogens is 3. The number of nitrogens with zero attached hydrogens (tertiary/aromatic N) is 4. The van der Waals surface area contributed by atoms with Crippen molar-refractivity contribution in [2.75, 3.05) is 4.90 Å². The molecule has 0 saturated heterocycles. The minimum atomic E-state index is -0.799. The predicted octanol–water partition coefficient (Wildman–Crippen LogP) is 5.45. The van der Waals surface area contributed by atoms with Crippen molar-refractivity contribution in [2.24, 2.45) is 0 Å². The van der Waals surface area contributed by atoms with Gasteiger partial charge in [0.2, 0.25) is 0 Å². The van der Waals surface area contributed by atoms with Crippen LogP contribution in [-0.4, -0.2) is 32.7 Å². The first-order valence-electron chi connectivity index (χ1n) is 9.94. The third-order valence-electron chi connectivity index (χ3n) is 4.62. The van der Waals surface area contributed by atoms with E-state index in [0.717, 1.165) is 15.6 Å². The zero-order valence-electron chi connectivity index (χ0n) is 17.8. The molecule has 4 rings (SSSR count). The Hall–Kier alpha value is -4.07. The highest BCUT2D eigenvalue weighted by molar-refractivity contribution is 6.00. The first-order valence-corrected chi connectivity index (χ1v) is 9.94. The molecule has 2 heterocycles. The lowest BCUT2D eigenvalue weighted by molar-refractivity contribution is 0.0599. The molecule has 8 heteroatoms. The van der Waals surface area contributed by atoms with Gasteiger partial charge in [0.15, 0.2) is 12.1 Å². The van der Waals surface area contributed by atoms with Crippen LogP contribution in [0.5, 0.6) is 0 Å². The van der Waals surface area contributed by atoms with Gasteiger partial charge >= 0.3 is 6.09 Å². The van der Waals surface area contributed by atoms with Crippen LogP contribution in [0.2, 0.25) is 0 Å². The van der Waals surface area contributed by atoms with E-state index in [1.807, 2.05) is 24.3 Å². The molecular formula is C24H21FN4O3. The number of benzene rings is 2. The predicted molar refractivity (Wildman–Crippen MR) is 119 cm³/mol. The van der Waals surface area contributed by atoms with Crippen LogP contribution in [0.25, 0.3) is 16.6 Å². The van der Waals surface area contributed by atoms with Gasteiger partial charge in [-0.1, -0.05) is 24.3 Å². The van der Waals surface area contributed by atoms with Gasteiger partial charge in [0.05, 0.1) is 29.3 Å². The maximum Gasteiger partial charge on any atom is 0.419 e. The van der Waals surface area contributed by atoms with Gasteiger partial charge in [-0.05, 0) is 51.1 Å². The lowest BCUT2D eigenvalue weighted by Crippen LogP contribution is -2.34. The third kappa shape index (κ3) is 4.07. The number of amides is 1. The molecule has 0 atom stereocenters. The van der Waals surface area contributed by atoms with E-state index in [-0.39, 0.29) is 17.1 Å². The largest absolute Gasteiger partial charge is 0.443 e. The van der Waals surface area contributed by atoms with Crippen LogP contribution in [-0.2, 0) is 4.74 Å². The average molecular weight is 432 g/mol. The number of carbonyl (C=O) groups is 2. The second-order valence-corrected chi connectivity index (χ2v) is 8.10. The lowest BCUT2D eigenvalue weighted by Gasteiger charge is -2.29. The number of pyridine rings is 1. The topological polar surface area (TPSA) is 77.3 Å². The second-order valence-electron chi connectivity index (χ2n) is 8.10. The number of rotatable bonds is 4. The van der Waals surface area contributed by atoms with Gasteiger partial charge in [0.25, 0.3) is 0 Å². The number of anilines is 2. The Morgan fingerprint density at radius 3 is 2.66 bits per heavy atom. The Kier molecular flexibility index (Phi) is 5.44. The normalized spacial score (nSPS) is 11.4. The van der Waals surface area contributed by atoms with E-state index in [1.165, 1.54) is 35.5 Å². The minimum absolute atomic E-state index is 0.0568. The molecule has 0 aliphatic carbocycles. The highest BCUT2D eigenvalue weighted by Crippen LogP contribution is 2.35. The van der Waals surface area contributed by atoms with Crippen molar-refractivity contribution in [2.45, 2.75) is 26.4 Å². The van der Waals surface area contributed by atoms with Crippen molar-refractivity contribution < 1.29 is 18.7 Å². The van der Waals surface area contributed by atoms with Crippen molar-refractivity contribution in [3.8, 4) is 5.69 Å². The summed E-state index contributed by atoms with van der Waals surface area (Å²) < 4.78 is 21.9. The summed E-state index contributed by atoms with van der Waals surface area (Å²) in [6, 6.07) is 14.9. The van der Waals surface area contributed by atoms with Gasteiger partial charge in [-0.3, -0.25) is 9.78 Å². The third-order valence-corrected chi connectivity index (χ3v) is 4.62. The molecule has 0 radical (unpaired) electrons. The second kappa shape index (κ2) is 8.22. The van der Waals surface area contributed by atoms with Crippen molar-refractivity contribution in [1.29, 1.82) is 0 Å². The zero-order chi connectivity index (χ0) is 22.9. The van der Waals surface area contributed by atoms with E-state index in [4.69, 9.17) is 4.74 Å². The molecule has 0 spiro atoms. The van der Waals surface area contributed by atoms with Gasteiger partial charge in [0, 0.05) is 5.39 Å². The molecule has 0 unspecified atom stereocenters. The first kappa shape index (κ1) is 21.2. The fourth-order valence-corrected chi connectivity index (χ4v) is 3.32. The van der Waals surface area contributed by atoms with Crippen LogP contribution in [0.4, 0.5) is 20.6 Å². The zero-order valence-corrected chi connectivity index (χ0v) is 17.8. The monoisotopic (exact) mass is 432 g/mol. The van der Waals surface area contributed by atoms with Crippen LogP contribution in [0.3, 0.4) is 0 Å². The maximum atomic E-state index is 15.1. The molecule has 1 amide bonds. The summed E-state index contributed by atoms with van der Waals surface area (Å²) in [4.78, 5) is 30.5. The number of ether oxygens (including phenoxy) is 1. The summed E-state index contributed by atoms with van der Waals surface area (Å²) in [6.45, 7) is 5.23. The summed E-state index contributed by atoms with van der Waals surface area (Å²) in [5.74, 6) is -0.656. The van der Waals surface area contributed by atoms with Gasteiger partial charge in [-0.2, -0.15) is 5.10 Å². The lowest BCUT2D eigenvalue weighted by atomic mass is 10.1. The van der Waals surface area contributed by atoms with Gasteiger partial charge in [-0.25, -0.2) is 18.8 Å². The fourth-order valence-electron chi connectivity index (χ4n) is 3.32. The quantitative estimate of drug-likeness (QED) is 0.401. The number of carbonyl (C=O) groups excluding carboxylic acids is 2. The first-order chi connectivity index (χ1) is 15.3. The summed E-state index contributed by atoms with van der Waals surface area (Å²) >= 11 is 0. The molecule has 7 nitrogen and oxygen atoms in total. The fraction of sp³-hybridized carbons (Fsp3) is 0.167. The van der Waals surface area contributed by atoms with Crippen LogP contribution >= 0.6 is 0 Å². The van der Waals surface area contributed by atoms with Crippen LogP contribution in [0.1, 0.15) is 31.3 Å². The standard InChI is InChI=1S/C24H21FN4O3/c1-24(2,3)32-23(31)28(18-13-16-7-4-5-9-20(16)26-14-18)21-10-6-8-19(25)22(21)29-17(15-30)11-12-27-29/h4-15H,1-3H3. The van der Waals surface area contributed by atoms with Gasteiger partial charge in [0.1, 0.15) is 17.0 Å². The molecule has 0 saturated carbocycles. The molecule has 0 fully saturated rings. The number of halogens is 1. The minimum Gasteiger partial charge on any atom is -0.443 e. The van der Waals surface area contributed by atoms with E-state index >= 15 is 4.39 Å². The van der Waals surface area contributed by atoms with Gasteiger partial charge in [-0.15, -0.1) is 0 Å². The molecule has 0 aliphatic heterocycles. The van der Waals surface area contributed by atoms with Gasteiger partial charge < -0.3 is 4.74 Å². The number of fused-ring (bicyclic) bond motifs is 1. The molecule has 32 heavy (non-hydrogen) atoms. The van der Waals surface area contributed by atoms with E-state index in [0.29, 0.717) is 12.0 Å². The molecule has 0 aliphatic rings. The van der Waals surface area contributed by atoms with Crippen molar-refractivity contribution in [3.63, 3.8) is 0 Å². The molecule has 0 bridgehead atoms. The molecular weight excluding hydrogens is 411 g/mol. The molecule has 4 aromatic rings. The number of hydrogen-bond donors (Lipinski definition) is 0. The molecule has 162 valence electrons. The Morgan fingerprint density at radius 2 is 1.91 bits per heavy atom. The molecule has 2 aromatic carbocycles. The van der Waals surface area contributed by atoms with Crippen LogP contribution in [0.15, 0.2) is 67.0 Å². The Bertz CT molecular complexity index is 1310. The Morgan fingerprint density at radius 1 is 1.12 bits per heavy atom. The highest BCUT2D eigenvalue weighted by atomic mass is 19.1. The van der Waals surface area contributed by atoms with Crippen molar-refractivity contribution >= 4 is 34.7 Å². The van der Waals surface area contributed by atoms with Crippen LogP contribution in [0, 0.1) is 5.82 Å². The van der Waals surface area contributed by atoms with Crippen molar-refractivity contribution in [1.82, 2.24) is 14.8 Å². The van der Waals surface area contributed by atoms with E-state index < -0.39 is 17.5 Å². The van der Waals surface area contributed by atoms with E-state index in [9.17, 15) is 9.59 Å². The Balaban J connectivity index is 1.96. The number of hydrogen-bond acceptors (Lipinski definition) is 5. The SMILES string of the molecule is CC(C)(C)OC(=O)N(c1cnc2ccccc2c1)c1cccc(F)c1-n1nccc1C=O. The molecule has 2 aromatic heterocycles. The summed E-state index contributed by atoms with van der Waals surface area (Å²) in [6.07, 6.45) is 2.75. The molecule has 0 N–H and O–H groups in total. The maximum absolute atomic E-state index is 15.1. The van der Waals surface area contributed by atoms with Crippen LogP contribution < -0.4 is 4.90 Å². The summed E-state index contributed by atoms with van der Waals surface area (Å²) in [5.41, 5.74) is 0.561. The number of aldehydes is 1. The van der Waals surface area contributed by atoms with E-state index in [1.54, 1.807) is 32.9 Å². The summed E-state index contributed by atoms with van der Waals surface area (Å²) in [5, 5.41) is 4.89. The smallest absolute Gasteiger partial charge is 0.419 e. The van der Waals surface area contributed by atoms with E-state index in [2.05, 4.69) is 10.1 Å². The number of para-hydroxylation sites is 2. The van der Waals surface area contributed by atoms with Crippen molar-refractivity contribution in [3.05, 3.63) is 78.5 Å². The summed E-state index contributed by atoms with van der Waals surface area (Å²) in [7, 11) is 0. The highest BCUT2D eigenvalue weighted by Gasteiger charge is 2.29. The average Bonchev–Trinajstić information content (AvgIpc) is 3.21.